The Kier molecular flexibility index (Phi) is 2.81. The molecule has 1 heterocycles. The average molecular weight is 234 g/mol. The molecule has 2 fully saturated rings. The fraction of sp³-hybridized carbons (Fsp3) is 0.571. The lowest BCUT2D eigenvalue weighted by atomic mass is 9.80. The highest BCUT2D eigenvalue weighted by Crippen LogP contribution is 2.43. The summed E-state index contributed by atoms with van der Waals surface area (Å²) in [4.78, 5) is 0. The van der Waals surface area contributed by atoms with E-state index in [1.54, 1.807) is 6.07 Å². The molecule has 1 saturated carbocycles. The molecule has 0 unspecified atom stereocenters. The van der Waals surface area contributed by atoms with Gasteiger partial charge in [0.2, 0.25) is 0 Å². The van der Waals surface area contributed by atoms with Gasteiger partial charge in [0.05, 0.1) is 13.2 Å². The first-order chi connectivity index (χ1) is 8.29. The normalized spacial score (nSPS) is 24.2. The Morgan fingerprint density at radius 3 is 2.35 bits per heavy atom. The summed E-state index contributed by atoms with van der Waals surface area (Å²) in [6, 6.07) is 7.64. The number of phenols is 1. The summed E-state index contributed by atoms with van der Waals surface area (Å²) in [5.41, 5.74) is 1.07. The van der Waals surface area contributed by atoms with Crippen molar-refractivity contribution in [1.29, 1.82) is 0 Å². The number of benzene rings is 1. The molecule has 2 aliphatic rings. The van der Waals surface area contributed by atoms with E-state index >= 15 is 0 Å². The molecule has 0 amide bonds. The molecule has 0 atom stereocenters. The highest BCUT2D eigenvalue weighted by Gasteiger charge is 2.40. The topological polar surface area (TPSA) is 38.7 Å². The smallest absolute Gasteiger partial charge is 0.168 e. The van der Waals surface area contributed by atoms with Crippen LogP contribution in [0.25, 0.3) is 0 Å². The van der Waals surface area contributed by atoms with Crippen LogP contribution in [-0.4, -0.2) is 24.1 Å². The van der Waals surface area contributed by atoms with E-state index in [0.29, 0.717) is 11.7 Å². The van der Waals surface area contributed by atoms with E-state index in [1.165, 1.54) is 0 Å². The van der Waals surface area contributed by atoms with E-state index in [9.17, 15) is 5.11 Å². The Labute approximate surface area is 101 Å². The summed E-state index contributed by atoms with van der Waals surface area (Å²) in [6.07, 6.45) is 3.92. The minimum atomic E-state index is -0.305. The molecular formula is C14H18O3. The molecule has 1 aliphatic heterocycles. The van der Waals surface area contributed by atoms with Crippen molar-refractivity contribution < 1.29 is 14.6 Å². The Bertz CT molecular complexity index is 386. The van der Waals surface area contributed by atoms with Gasteiger partial charge in [-0.2, -0.15) is 0 Å². The second-order valence-corrected chi connectivity index (χ2v) is 4.94. The van der Waals surface area contributed by atoms with Gasteiger partial charge in [-0.05, 0) is 30.4 Å². The van der Waals surface area contributed by atoms with Crippen molar-refractivity contribution in [2.45, 2.75) is 37.4 Å². The number of hydrogen-bond donors (Lipinski definition) is 1. The number of aromatic hydroxyl groups is 1. The van der Waals surface area contributed by atoms with Crippen molar-refractivity contribution in [2.24, 2.45) is 0 Å². The summed E-state index contributed by atoms with van der Waals surface area (Å²) in [7, 11) is 0. The molecule has 3 nitrogen and oxygen atoms in total. The van der Waals surface area contributed by atoms with Gasteiger partial charge >= 0.3 is 0 Å². The van der Waals surface area contributed by atoms with Gasteiger partial charge in [-0.25, -0.2) is 0 Å². The molecule has 92 valence electrons. The van der Waals surface area contributed by atoms with Crippen LogP contribution in [0.5, 0.6) is 5.75 Å². The average Bonchev–Trinajstić information content (AvgIpc) is 2.80. The molecule has 3 heteroatoms. The number of ether oxygens (including phenoxy) is 2. The number of para-hydroxylation sites is 1. The molecule has 1 aromatic rings. The molecule has 0 radical (unpaired) electrons. The zero-order valence-electron chi connectivity index (χ0n) is 9.89. The predicted molar refractivity (Wildman–Crippen MR) is 64.0 cm³/mol. The van der Waals surface area contributed by atoms with E-state index in [0.717, 1.165) is 44.5 Å². The third kappa shape index (κ3) is 2.05. The van der Waals surface area contributed by atoms with Crippen molar-refractivity contribution in [1.82, 2.24) is 0 Å². The van der Waals surface area contributed by atoms with Crippen LogP contribution in [0.3, 0.4) is 0 Å². The molecular weight excluding hydrogens is 216 g/mol. The highest BCUT2D eigenvalue weighted by molar-refractivity contribution is 5.35. The van der Waals surface area contributed by atoms with Crippen LogP contribution in [0.2, 0.25) is 0 Å². The Morgan fingerprint density at radius 2 is 1.71 bits per heavy atom. The van der Waals surface area contributed by atoms with Crippen molar-refractivity contribution in [3.05, 3.63) is 29.8 Å². The number of hydrogen-bond acceptors (Lipinski definition) is 3. The molecule has 1 aliphatic carbocycles. The first-order valence-electron chi connectivity index (χ1n) is 6.35. The van der Waals surface area contributed by atoms with Crippen LogP contribution < -0.4 is 0 Å². The highest BCUT2D eigenvalue weighted by atomic mass is 16.7. The third-order valence-corrected chi connectivity index (χ3v) is 3.94. The van der Waals surface area contributed by atoms with Crippen molar-refractivity contribution in [3.8, 4) is 5.75 Å². The maximum absolute atomic E-state index is 9.86. The Hall–Kier alpha value is -1.06. The second kappa shape index (κ2) is 4.31. The Morgan fingerprint density at radius 1 is 1.06 bits per heavy atom. The summed E-state index contributed by atoms with van der Waals surface area (Å²) in [6.45, 7) is 1.45. The van der Waals surface area contributed by atoms with Gasteiger partial charge in [0.15, 0.2) is 5.79 Å². The molecule has 0 aromatic heterocycles. The molecule has 0 bridgehead atoms. The summed E-state index contributed by atoms with van der Waals surface area (Å²) in [5.74, 6) is 0.553. The number of phenolic OH excluding ortho intramolecular Hbond substituents is 1. The minimum Gasteiger partial charge on any atom is -0.508 e. The quantitative estimate of drug-likeness (QED) is 0.812. The minimum absolute atomic E-state index is 0.305. The lowest BCUT2D eigenvalue weighted by Gasteiger charge is -2.35. The zero-order valence-corrected chi connectivity index (χ0v) is 9.89. The maximum Gasteiger partial charge on any atom is 0.168 e. The fourth-order valence-corrected chi connectivity index (χ4v) is 2.99. The summed E-state index contributed by atoms with van der Waals surface area (Å²) in [5, 5.41) is 9.86. The lowest BCUT2D eigenvalue weighted by molar-refractivity contribution is -0.178. The molecule has 3 rings (SSSR count). The standard InChI is InChI=1S/C14H18O3/c15-13-4-2-1-3-12(13)11-5-7-14(8-6-11)16-9-10-17-14/h1-4,11,15H,5-10H2. The fourth-order valence-electron chi connectivity index (χ4n) is 2.99. The van der Waals surface area contributed by atoms with Crippen LogP contribution in [0.1, 0.15) is 37.2 Å². The third-order valence-electron chi connectivity index (χ3n) is 3.94. The second-order valence-electron chi connectivity index (χ2n) is 4.94. The summed E-state index contributed by atoms with van der Waals surface area (Å²) < 4.78 is 11.4. The van der Waals surface area contributed by atoms with Crippen LogP contribution in [0.15, 0.2) is 24.3 Å². The van der Waals surface area contributed by atoms with Gasteiger partial charge in [0, 0.05) is 12.8 Å². The van der Waals surface area contributed by atoms with Crippen LogP contribution >= 0.6 is 0 Å². The van der Waals surface area contributed by atoms with Gasteiger partial charge in [0.1, 0.15) is 5.75 Å². The number of rotatable bonds is 1. The summed E-state index contributed by atoms with van der Waals surface area (Å²) >= 11 is 0. The van der Waals surface area contributed by atoms with Gasteiger partial charge in [-0.3, -0.25) is 0 Å². The largest absolute Gasteiger partial charge is 0.508 e. The Balaban J connectivity index is 1.71. The van der Waals surface area contributed by atoms with E-state index < -0.39 is 0 Å². The first-order valence-corrected chi connectivity index (χ1v) is 6.35. The molecule has 17 heavy (non-hydrogen) atoms. The first kappa shape index (κ1) is 11.1. The molecule has 1 N–H and O–H groups in total. The van der Waals surface area contributed by atoms with E-state index in [4.69, 9.17) is 9.47 Å². The van der Waals surface area contributed by atoms with Crippen molar-refractivity contribution in [3.63, 3.8) is 0 Å². The monoisotopic (exact) mass is 234 g/mol. The van der Waals surface area contributed by atoms with Crippen LogP contribution in [0, 0.1) is 0 Å². The predicted octanol–water partition coefficient (Wildman–Crippen LogP) is 2.79. The van der Waals surface area contributed by atoms with Crippen molar-refractivity contribution in [2.75, 3.05) is 13.2 Å². The zero-order chi connectivity index (χ0) is 11.7. The van der Waals surface area contributed by atoms with Gasteiger partial charge in [0.25, 0.3) is 0 Å². The van der Waals surface area contributed by atoms with E-state index in [2.05, 4.69) is 0 Å². The van der Waals surface area contributed by atoms with Crippen molar-refractivity contribution >= 4 is 0 Å². The van der Waals surface area contributed by atoms with Gasteiger partial charge in [-0.15, -0.1) is 0 Å². The van der Waals surface area contributed by atoms with Crippen LogP contribution in [0.4, 0.5) is 0 Å². The van der Waals surface area contributed by atoms with Gasteiger partial charge < -0.3 is 14.6 Å². The van der Waals surface area contributed by atoms with Crippen LogP contribution in [-0.2, 0) is 9.47 Å². The molecule has 1 spiro atoms. The van der Waals surface area contributed by atoms with Gasteiger partial charge in [-0.1, -0.05) is 18.2 Å². The lowest BCUT2D eigenvalue weighted by Crippen LogP contribution is -2.34. The SMILES string of the molecule is Oc1ccccc1C1CCC2(CC1)OCCO2. The van der Waals surface area contributed by atoms with E-state index in [-0.39, 0.29) is 5.79 Å². The molecule has 1 saturated heterocycles. The van der Waals surface area contributed by atoms with E-state index in [1.807, 2.05) is 18.2 Å². The maximum atomic E-state index is 9.86. The molecule has 1 aromatic carbocycles.